The van der Waals surface area contributed by atoms with E-state index >= 15 is 0 Å². The van der Waals surface area contributed by atoms with Gasteiger partial charge in [-0.15, -0.1) is 0 Å². The normalized spacial score (nSPS) is 13.7. The minimum absolute atomic E-state index is 1.14. The topological polar surface area (TPSA) is 3.24 Å². The van der Waals surface area contributed by atoms with E-state index < -0.39 is 16.9 Å². The lowest BCUT2D eigenvalue weighted by Crippen LogP contribution is -2.87. The zero-order valence-corrected chi connectivity index (χ0v) is 33.5. The molecule has 0 atom stereocenters. The van der Waals surface area contributed by atoms with E-state index in [9.17, 15) is 0 Å². The number of anilines is 3. The second-order valence-corrected chi connectivity index (χ2v) is 21.8. The Kier molecular flexibility index (Phi) is 8.02. The summed E-state index contributed by atoms with van der Waals surface area (Å²) in [6.45, 7) is 0. The quantitative estimate of drug-likeness (QED) is 0.162. The number of hydrogen-bond acceptors (Lipinski definition) is 2. The van der Waals surface area contributed by atoms with Crippen molar-refractivity contribution in [2.75, 3.05) is 4.90 Å². The average molecular weight is 763 g/mol. The van der Waals surface area contributed by atoms with E-state index in [4.69, 9.17) is 0 Å². The first-order valence-corrected chi connectivity index (χ1v) is 23.6. The number of nitrogens with zero attached hydrogens (tertiary/aromatic N) is 1. The lowest BCUT2D eigenvalue weighted by atomic mass is 10.0. The van der Waals surface area contributed by atoms with E-state index in [1.807, 2.05) is 11.8 Å². The highest BCUT2D eigenvalue weighted by molar-refractivity contribution is 8.00. The van der Waals surface area contributed by atoms with E-state index in [1.54, 1.807) is 0 Å². The molecule has 1 spiro atoms. The van der Waals surface area contributed by atoms with Crippen molar-refractivity contribution in [2.24, 2.45) is 0 Å². The molecule has 56 heavy (non-hydrogen) atoms. The van der Waals surface area contributed by atoms with Crippen molar-refractivity contribution in [3.63, 3.8) is 0 Å². The van der Waals surface area contributed by atoms with Crippen LogP contribution in [0.15, 0.2) is 228 Å². The zero-order chi connectivity index (χ0) is 37.1. The van der Waals surface area contributed by atoms with Crippen LogP contribution in [0, 0.1) is 0 Å². The van der Waals surface area contributed by atoms with Crippen LogP contribution in [-0.4, -0.2) is 16.9 Å². The van der Waals surface area contributed by atoms with Gasteiger partial charge in [-0.05, 0) is 79.7 Å². The predicted octanol–water partition coefficient (Wildman–Crippen LogP) is 8.65. The molecule has 2 heterocycles. The molecular weight excluding hydrogens is 727 g/mol. The molecule has 0 saturated carbocycles. The van der Waals surface area contributed by atoms with Crippen molar-refractivity contribution in [3.05, 3.63) is 218 Å². The maximum absolute atomic E-state index is 2.84. The summed E-state index contributed by atoms with van der Waals surface area (Å²) in [5.74, 6) is 0. The van der Waals surface area contributed by atoms with Crippen molar-refractivity contribution in [2.45, 2.75) is 9.79 Å². The fourth-order valence-corrected chi connectivity index (χ4v) is 20.9. The number of fused-ring (bicyclic) bond motifs is 9. The lowest BCUT2D eigenvalue weighted by Gasteiger charge is -2.46. The van der Waals surface area contributed by atoms with Crippen LogP contribution in [0.25, 0.3) is 21.9 Å². The molecule has 0 unspecified atom stereocenters. The summed E-state index contributed by atoms with van der Waals surface area (Å²) >= 11 is 1.93. The highest BCUT2D eigenvalue weighted by atomic mass is 32.2. The van der Waals surface area contributed by atoms with E-state index in [1.165, 1.54) is 79.4 Å². The molecule has 0 N–H and O–H groups in total. The Hall–Kier alpha value is -6.18. The van der Waals surface area contributed by atoms with E-state index in [0.29, 0.717) is 0 Å². The summed E-state index contributed by atoms with van der Waals surface area (Å²) < 4.78 is 0. The highest BCUT2D eigenvalue weighted by Gasteiger charge is 2.53. The Balaban J connectivity index is 1.23. The Morgan fingerprint density at radius 2 is 0.946 bits per heavy atom. The van der Waals surface area contributed by atoms with Crippen LogP contribution < -0.4 is 41.2 Å². The second kappa shape index (κ2) is 13.5. The van der Waals surface area contributed by atoms with Crippen LogP contribution in [0.2, 0.25) is 0 Å². The molecule has 0 fully saturated rings. The third kappa shape index (κ3) is 5.14. The summed E-state index contributed by atoms with van der Waals surface area (Å²) in [5.41, 5.74) is 5.93. The largest absolute Gasteiger partial charge is 0.310 e. The monoisotopic (exact) mass is 762 g/mol. The van der Waals surface area contributed by atoms with E-state index in [-0.39, 0.29) is 0 Å². The Bertz CT molecular complexity index is 2860. The van der Waals surface area contributed by atoms with Gasteiger partial charge in [0, 0.05) is 26.6 Å². The van der Waals surface area contributed by atoms with Crippen LogP contribution in [0.5, 0.6) is 0 Å². The molecule has 9 aromatic carbocycles. The first-order chi connectivity index (χ1) is 27.8. The molecule has 4 heteroatoms. The fraction of sp³-hybridized carbons (Fsp3) is 0. The summed E-state index contributed by atoms with van der Waals surface area (Å²) in [7, 11) is -4.18. The zero-order valence-electron chi connectivity index (χ0n) is 30.6. The summed E-state index contributed by atoms with van der Waals surface area (Å²) in [6.07, 6.45) is 0. The van der Waals surface area contributed by atoms with Crippen LogP contribution in [0.4, 0.5) is 17.1 Å². The fourth-order valence-electron chi connectivity index (χ4n) is 9.27. The first kappa shape index (κ1) is 33.2. The highest BCUT2D eigenvalue weighted by Crippen LogP contribution is 2.40. The summed E-state index contributed by atoms with van der Waals surface area (Å²) in [6, 6.07) is 82.2. The molecular formula is C52H36NSSi2. The number of benzene rings is 9. The van der Waals surface area contributed by atoms with Gasteiger partial charge in [-0.1, -0.05) is 203 Å². The van der Waals surface area contributed by atoms with Crippen molar-refractivity contribution in [1.82, 2.24) is 0 Å². The van der Waals surface area contributed by atoms with E-state index in [2.05, 4.69) is 223 Å². The number of hydrogen-bond donors (Lipinski definition) is 0. The Morgan fingerprint density at radius 1 is 0.393 bits per heavy atom. The maximum atomic E-state index is 2.61. The second-order valence-electron chi connectivity index (χ2n) is 14.6. The molecule has 9 aromatic rings. The van der Waals surface area contributed by atoms with Gasteiger partial charge < -0.3 is 4.90 Å². The van der Waals surface area contributed by atoms with Crippen molar-refractivity contribution in [3.8, 4) is 11.1 Å². The molecule has 263 valence electrons. The Labute approximate surface area is 335 Å². The van der Waals surface area contributed by atoms with Gasteiger partial charge in [-0.2, -0.15) is 0 Å². The molecule has 1 radical (unpaired) electrons. The summed E-state index contributed by atoms with van der Waals surface area (Å²) in [4.78, 5) is 5.26. The molecule has 0 amide bonds. The molecule has 0 aromatic heterocycles. The van der Waals surface area contributed by atoms with E-state index in [0.717, 1.165) is 5.69 Å². The maximum Gasteiger partial charge on any atom is 0.181 e. The van der Waals surface area contributed by atoms with Gasteiger partial charge >= 0.3 is 0 Å². The van der Waals surface area contributed by atoms with Gasteiger partial charge in [0.05, 0.1) is 5.69 Å². The third-order valence-corrected chi connectivity index (χ3v) is 21.5. The van der Waals surface area contributed by atoms with Crippen molar-refractivity contribution >= 4 is 92.8 Å². The molecule has 0 aliphatic carbocycles. The average Bonchev–Trinajstić information content (AvgIpc) is 3.27. The molecule has 0 bridgehead atoms. The molecule has 2 aliphatic rings. The van der Waals surface area contributed by atoms with Gasteiger partial charge in [0.2, 0.25) is 0 Å². The molecule has 0 saturated heterocycles. The predicted molar refractivity (Wildman–Crippen MR) is 243 cm³/mol. The lowest BCUT2D eigenvalue weighted by molar-refractivity contribution is 1.30. The van der Waals surface area contributed by atoms with Gasteiger partial charge in [-0.3, -0.25) is 0 Å². The van der Waals surface area contributed by atoms with Crippen molar-refractivity contribution in [1.29, 1.82) is 0 Å². The van der Waals surface area contributed by atoms with Gasteiger partial charge in [0.15, 0.2) is 16.9 Å². The van der Waals surface area contributed by atoms with Crippen molar-refractivity contribution < 1.29 is 0 Å². The van der Waals surface area contributed by atoms with Gasteiger partial charge in [0.25, 0.3) is 0 Å². The van der Waals surface area contributed by atoms with Crippen LogP contribution >= 0.6 is 11.8 Å². The van der Waals surface area contributed by atoms with Gasteiger partial charge in [-0.25, -0.2) is 0 Å². The first-order valence-electron chi connectivity index (χ1n) is 19.3. The smallest absolute Gasteiger partial charge is 0.181 e. The molecule has 1 nitrogen and oxygen atoms in total. The molecule has 11 rings (SSSR count). The van der Waals surface area contributed by atoms with Crippen LogP contribution in [-0.2, 0) is 0 Å². The third-order valence-electron chi connectivity index (χ3n) is 11.6. The summed E-state index contributed by atoms with van der Waals surface area (Å²) in [5, 5.41) is 13.0. The van der Waals surface area contributed by atoms with Crippen LogP contribution in [0.3, 0.4) is 0 Å². The minimum atomic E-state index is -2.84. The van der Waals surface area contributed by atoms with Crippen LogP contribution in [0.1, 0.15) is 0 Å². The Morgan fingerprint density at radius 3 is 1.70 bits per heavy atom. The molecule has 2 aliphatic heterocycles. The minimum Gasteiger partial charge on any atom is -0.310 e. The SMILES string of the molecule is c1ccc(-c2ccc(N(c3ccc4c(c3)[Si]3(c5ccccc5Sc5ccccc53)c3ccccc3[Si]4c3ccccc3)c3cccc4ccccc34)cc2)cc1. The van der Waals surface area contributed by atoms with Gasteiger partial charge in [0.1, 0.15) is 0 Å². The standard InChI is InChI=1S/C52H36NSSi2/c1-3-16-37(17-4-1)38-30-32-40(33-31-38)53(44-23-15-19-39-18-7-8-22-43(39)44)41-34-35-48-52(36-41)56(49-27-12-9-24-45(49)54-46-25-10-13-28-50(46)56)51-29-14-11-26-47(51)55(48)42-20-5-2-6-21-42/h1-36H. The number of rotatable bonds is 5.